The molecule has 1 N–H and O–H groups in total. The Hall–Kier alpha value is -1.78. The zero-order valence-corrected chi connectivity index (χ0v) is 11.6. The van der Waals surface area contributed by atoms with Crippen LogP contribution >= 0.6 is 0 Å². The van der Waals surface area contributed by atoms with Crippen LogP contribution in [-0.4, -0.2) is 14.7 Å². The molecule has 0 aliphatic heterocycles. The Morgan fingerprint density at radius 3 is 2.67 bits per heavy atom. The van der Waals surface area contributed by atoms with Crippen molar-refractivity contribution < 1.29 is 4.52 Å². The molecule has 2 heterocycles. The molecule has 98 valence electrons. The zero-order valence-electron chi connectivity index (χ0n) is 11.6. The fraction of sp³-hybridized carbons (Fsp3) is 0.538. The zero-order chi connectivity index (χ0) is 13.3. The third-order valence-electron chi connectivity index (χ3n) is 3.10. The molecule has 1 unspecified atom stereocenters. The number of nitrogens with zero attached hydrogens (tertiary/aromatic N) is 3. The molecular weight excluding hydrogens is 228 g/mol. The molecule has 2 rings (SSSR count). The number of aromatic nitrogens is 3. The van der Waals surface area contributed by atoms with Gasteiger partial charge in [-0.15, -0.1) is 0 Å². The van der Waals surface area contributed by atoms with Crippen molar-refractivity contribution in [3.05, 3.63) is 28.9 Å². The highest BCUT2D eigenvalue weighted by atomic mass is 16.5. The lowest BCUT2D eigenvalue weighted by molar-refractivity contribution is 0.392. The number of hydrogen-bond acceptors (Lipinski definition) is 4. The Morgan fingerprint density at radius 2 is 2.11 bits per heavy atom. The fourth-order valence-electron chi connectivity index (χ4n) is 2.28. The Balaban J connectivity index is 2.23. The fourth-order valence-corrected chi connectivity index (χ4v) is 2.28. The minimum absolute atomic E-state index is 0.128. The van der Waals surface area contributed by atoms with Gasteiger partial charge in [0.25, 0.3) is 0 Å². The maximum Gasteiger partial charge on any atom is 0.203 e. The SMILES string of the molecule is CCn1cc(C)nc1NC(C)c1c(C)noc1C. The monoisotopic (exact) mass is 248 g/mol. The highest BCUT2D eigenvalue weighted by Crippen LogP contribution is 2.24. The van der Waals surface area contributed by atoms with Gasteiger partial charge in [0.15, 0.2) is 0 Å². The molecule has 0 aliphatic rings. The predicted octanol–water partition coefficient (Wildman–Crippen LogP) is 2.99. The maximum absolute atomic E-state index is 5.20. The molecule has 0 saturated heterocycles. The molecule has 0 radical (unpaired) electrons. The van der Waals surface area contributed by atoms with Crippen LogP contribution in [0.15, 0.2) is 10.7 Å². The van der Waals surface area contributed by atoms with Crippen LogP contribution < -0.4 is 5.32 Å². The normalized spacial score (nSPS) is 12.7. The molecule has 0 fully saturated rings. The lowest BCUT2D eigenvalue weighted by Gasteiger charge is -2.15. The van der Waals surface area contributed by atoms with E-state index in [0.29, 0.717) is 0 Å². The van der Waals surface area contributed by atoms with E-state index in [0.717, 1.165) is 35.2 Å². The van der Waals surface area contributed by atoms with E-state index in [9.17, 15) is 0 Å². The van der Waals surface area contributed by atoms with Gasteiger partial charge in [0.2, 0.25) is 5.95 Å². The minimum atomic E-state index is 0.128. The summed E-state index contributed by atoms with van der Waals surface area (Å²) in [6.07, 6.45) is 2.04. The Kier molecular flexibility index (Phi) is 3.41. The summed E-state index contributed by atoms with van der Waals surface area (Å²) in [6.45, 7) is 11.0. The van der Waals surface area contributed by atoms with E-state index in [-0.39, 0.29) is 6.04 Å². The first-order chi connectivity index (χ1) is 8.52. The number of aryl methyl sites for hydroxylation is 4. The van der Waals surface area contributed by atoms with Gasteiger partial charge < -0.3 is 14.4 Å². The molecular formula is C13H20N4O. The summed E-state index contributed by atoms with van der Waals surface area (Å²) >= 11 is 0. The molecule has 5 nitrogen and oxygen atoms in total. The highest BCUT2D eigenvalue weighted by Gasteiger charge is 2.17. The molecule has 5 heteroatoms. The average molecular weight is 248 g/mol. The van der Waals surface area contributed by atoms with Crippen molar-refractivity contribution >= 4 is 5.95 Å². The summed E-state index contributed by atoms with van der Waals surface area (Å²) in [5.41, 5.74) is 3.06. The van der Waals surface area contributed by atoms with E-state index >= 15 is 0 Å². The molecule has 0 aromatic carbocycles. The number of nitrogens with one attached hydrogen (secondary N) is 1. The molecule has 0 amide bonds. The lowest BCUT2D eigenvalue weighted by Crippen LogP contribution is -2.12. The molecule has 18 heavy (non-hydrogen) atoms. The van der Waals surface area contributed by atoms with Crippen LogP contribution in [0.3, 0.4) is 0 Å². The number of imidazole rings is 1. The molecule has 0 saturated carbocycles. The van der Waals surface area contributed by atoms with E-state index in [4.69, 9.17) is 4.52 Å². The average Bonchev–Trinajstić information content (AvgIpc) is 2.82. The van der Waals surface area contributed by atoms with Crippen LogP contribution in [0.1, 0.15) is 42.6 Å². The van der Waals surface area contributed by atoms with Crippen molar-refractivity contribution in [2.45, 2.75) is 47.2 Å². The second-order valence-electron chi connectivity index (χ2n) is 4.60. The van der Waals surface area contributed by atoms with E-state index in [1.807, 2.05) is 27.0 Å². The molecule has 1 atom stereocenters. The van der Waals surface area contributed by atoms with Gasteiger partial charge in [-0.3, -0.25) is 0 Å². The standard InChI is InChI=1S/C13H20N4O/c1-6-17-7-8(2)14-13(17)15-9(3)12-10(4)16-18-11(12)5/h7,9H,6H2,1-5H3,(H,14,15). The summed E-state index contributed by atoms with van der Waals surface area (Å²) < 4.78 is 7.30. The summed E-state index contributed by atoms with van der Waals surface area (Å²) in [4.78, 5) is 4.49. The Morgan fingerprint density at radius 1 is 1.39 bits per heavy atom. The first kappa shape index (κ1) is 12.7. The summed E-state index contributed by atoms with van der Waals surface area (Å²) in [7, 11) is 0. The molecule has 0 aliphatic carbocycles. The van der Waals surface area contributed by atoms with Gasteiger partial charge in [0.05, 0.1) is 17.4 Å². The number of anilines is 1. The topological polar surface area (TPSA) is 55.9 Å². The van der Waals surface area contributed by atoms with Gasteiger partial charge in [0, 0.05) is 18.3 Å². The highest BCUT2D eigenvalue weighted by molar-refractivity contribution is 5.36. The van der Waals surface area contributed by atoms with Gasteiger partial charge in [-0.05, 0) is 34.6 Å². The largest absolute Gasteiger partial charge is 0.361 e. The van der Waals surface area contributed by atoms with Crippen LogP contribution in [0, 0.1) is 20.8 Å². The summed E-state index contributed by atoms with van der Waals surface area (Å²) in [5.74, 6) is 1.75. The van der Waals surface area contributed by atoms with E-state index in [1.54, 1.807) is 0 Å². The quantitative estimate of drug-likeness (QED) is 0.903. The number of hydrogen-bond donors (Lipinski definition) is 1. The van der Waals surface area contributed by atoms with E-state index in [1.165, 1.54) is 0 Å². The number of rotatable bonds is 4. The van der Waals surface area contributed by atoms with Gasteiger partial charge in [-0.1, -0.05) is 5.16 Å². The van der Waals surface area contributed by atoms with Crippen molar-refractivity contribution in [2.75, 3.05) is 5.32 Å². The Labute approximate surface area is 107 Å². The predicted molar refractivity (Wildman–Crippen MR) is 70.7 cm³/mol. The van der Waals surface area contributed by atoms with Gasteiger partial charge >= 0.3 is 0 Å². The first-order valence-corrected chi connectivity index (χ1v) is 6.26. The van der Waals surface area contributed by atoms with Crippen LogP contribution in [0.2, 0.25) is 0 Å². The second-order valence-corrected chi connectivity index (χ2v) is 4.60. The van der Waals surface area contributed by atoms with Crippen molar-refractivity contribution in [3.63, 3.8) is 0 Å². The third kappa shape index (κ3) is 2.25. The molecule has 0 spiro atoms. The maximum atomic E-state index is 5.20. The molecule has 0 bridgehead atoms. The van der Waals surface area contributed by atoms with Crippen LogP contribution in [0.5, 0.6) is 0 Å². The van der Waals surface area contributed by atoms with Gasteiger partial charge in [0.1, 0.15) is 5.76 Å². The summed E-state index contributed by atoms with van der Waals surface area (Å²) in [5, 5.41) is 7.40. The van der Waals surface area contributed by atoms with Crippen LogP contribution in [-0.2, 0) is 6.54 Å². The van der Waals surface area contributed by atoms with Crippen molar-refractivity contribution in [2.24, 2.45) is 0 Å². The minimum Gasteiger partial charge on any atom is -0.361 e. The van der Waals surface area contributed by atoms with Crippen molar-refractivity contribution in [3.8, 4) is 0 Å². The smallest absolute Gasteiger partial charge is 0.203 e. The van der Waals surface area contributed by atoms with Gasteiger partial charge in [-0.2, -0.15) is 0 Å². The van der Waals surface area contributed by atoms with E-state index in [2.05, 4.69) is 33.9 Å². The Bertz CT molecular complexity index is 522. The third-order valence-corrected chi connectivity index (χ3v) is 3.10. The van der Waals surface area contributed by atoms with E-state index < -0.39 is 0 Å². The molecule has 2 aromatic heterocycles. The van der Waals surface area contributed by atoms with Crippen molar-refractivity contribution in [1.82, 2.24) is 14.7 Å². The van der Waals surface area contributed by atoms with Gasteiger partial charge in [-0.25, -0.2) is 4.98 Å². The van der Waals surface area contributed by atoms with Crippen LogP contribution in [0.4, 0.5) is 5.95 Å². The van der Waals surface area contributed by atoms with Crippen LogP contribution in [0.25, 0.3) is 0 Å². The summed E-state index contributed by atoms with van der Waals surface area (Å²) in [6, 6.07) is 0.128. The van der Waals surface area contributed by atoms with Crippen molar-refractivity contribution in [1.29, 1.82) is 0 Å². The second kappa shape index (κ2) is 4.84. The molecule has 2 aromatic rings. The lowest BCUT2D eigenvalue weighted by atomic mass is 10.1. The first-order valence-electron chi connectivity index (χ1n) is 6.26.